The van der Waals surface area contributed by atoms with E-state index in [1.54, 1.807) is 0 Å². The van der Waals surface area contributed by atoms with Crippen LogP contribution in [0.4, 0.5) is 10.5 Å². The van der Waals surface area contributed by atoms with E-state index < -0.39 is 0 Å². The summed E-state index contributed by atoms with van der Waals surface area (Å²) in [4.78, 5) is 17.3. The fourth-order valence-corrected chi connectivity index (χ4v) is 4.17. The van der Waals surface area contributed by atoms with Gasteiger partial charge in [-0.15, -0.1) is 0 Å². The Morgan fingerprint density at radius 2 is 2.12 bits per heavy atom. The van der Waals surface area contributed by atoms with Gasteiger partial charge >= 0.3 is 6.03 Å². The second-order valence-corrected chi connectivity index (χ2v) is 7.44. The number of anilines is 1. The van der Waals surface area contributed by atoms with E-state index in [0.29, 0.717) is 6.04 Å². The van der Waals surface area contributed by atoms with Crippen LogP contribution in [0.1, 0.15) is 25.3 Å². The zero-order valence-electron chi connectivity index (χ0n) is 15.5. The molecule has 7 nitrogen and oxygen atoms in total. The van der Waals surface area contributed by atoms with Gasteiger partial charge in [0.2, 0.25) is 0 Å². The van der Waals surface area contributed by atoms with Crippen molar-refractivity contribution in [1.82, 2.24) is 20.0 Å². The van der Waals surface area contributed by atoms with E-state index in [2.05, 4.69) is 27.3 Å². The van der Waals surface area contributed by atoms with Gasteiger partial charge in [0.25, 0.3) is 0 Å². The molecule has 0 spiro atoms. The Morgan fingerprint density at radius 1 is 1.31 bits per heavy atom. The first-order valence-electron chi connectivity index (χ1n) is 9.45. The van der Waals surface area contributed by atoms with Crippen molar-refractivity contribution in [2.24, 2.45) is 0 Å². The van der Waals surface area contributed by atoms with Crippen molar-refractivity contribution in [2.45, 2.75) is 38.8 Å². The summed E-state index contributed by atoms with van der Waals surface area (Å²) in [6, 6.07) is 4.71. The monoisotopic (exact) mass is 357 g/mol. The van der Waals surface area contributed by atoms with Gasteiger partial charge in [-0.2, -0.15) is 5.10 Å². The third kappa shape index (κ3) is 3.41. The first kappa shape index (κ1) is 17.3. The van der Waals surface area contributed by atoms with Crippen molar-refractivity contribution < 1.29 is 9.53 Å². The Hall–Kier alpha value is -2.12. The number of aryl methyl sites for hydroxylation is 1. The first-order valence-corrected chi connectivity index (χ1v) is 9.45. The van der Waals surface area contributed by atoms with Crippen LogP contribution in [0.15, 0.2) is 18.3 Å². The minimum atomic E-state index is -0.0256. The van der Waals surface area contributed by atoms with Crippen molar-refractivity contribution in [3.8, 4) is 0 Å². The maximum atomic E-state index is 12.8. The molecule has 2 aromatic rings. The third-order valence-corrected chi connectivity index (χ3v) is 5.64. The van der Waals surface area contributed by atoms with Gasteiger partial charge in [-0.3, -0.25) is 10.00 Å². The third-order valence-electron chi connectivity index (χ3n) is 5.64. The van der Waals surface area contributed by atoms with Gasteiger partial charge < -0.3 is 15.0 Å². The van der Waals surface area contributed by atoms with Crippen LogP contribution in [0.25, 0.3) is 10.9 Å². The normalized spacial score (nSPS) is 22.7. The lowest BCUT2D eigenvalue weighted by atomic mass is 10.0. The smallest absolute Gasteiger partial charge is 0.322 e. The summed E-state index contributed by atoms with van der Waals surface area (Å²) >= 11 is 0. The average Bonchev–Trinajstić information content (AvgIpc) is 3.11. The Kier molecular flexibility index (Phi) is 4.82. The van der Waals surface area contributed by atoms with Gasteiger partial charge in [0, 0.05) is 56.0 Å². The molecule has 3 heterocycles. The lowest BCUT2D eigenvalue weighted by molar-refractivity contribution is 0.00816. The highest BCUT2D eigenvalue weighted by Crippen LogP contribution is 2.23. The topological polar surface area (TPSA) is 73.5 Å². The summed E-state index contributed by atoms with van der Waals surface area (Å²) in [5.74, 6) is 0. The fraction of sp³-hybridized carbons (Fsp3) is 0.579. The van der Waals surface area contributed by atoms with Gasteiger partial charge in [0.1, 0.15) is 0 Å². The van der Waals surface area contributed by atoms with Gasteiger partial charge in [0.05, 0.1) is 11.7 Å². The summed E-state index contributed by atoms with van der Waals surface area (Å²) in [7, 11) is 0. The van der Waals surface area contributed by atoms with Crippen molar-refractivity contribution in [1.29, 1.82) is 0 Å². The number of fused-ring (bicyclic) bond motifs is 1. The van der Waals surface area contributed by atoms with E-state index >= 15 is 0 Å². The van der Waals surface area contributed by atoms with E-state index in [4.69, 9.17) is 4.74 Å². The number of rotatable bonds is 2. The number of nitrogens with zero attached hydrogens (tertiary/aromatic N) is 3. The van der Waals surface area contributed by atoms with Crippen LogP contribution in [-0.2, 0) is 4.74 Å². The Labute approximate surface area is 153 Å². The number of aromatic nitrogens is 2. The van der Waals surface area contributed by atoms with E-state index in [1.165, 1.54) is 0 Å². The van der Waals surface area contributed by atoms with Crippen molar-refractivity contribution in [2.75, 3.05) is 38.2 Å². The predicted octanol–water partition coefficient (Wildman–Crippen LogP) is 2.59. The molecule has 4 rings (SSSR count). The molecule has 1 aromatic carbocycles. The molecule has 2 aliphatic heterocycles. The van der Waals surface area contributed by atoms with Gasteiger partial charge in [-0.05, 0) is 44.4 Å². The zero-order valence-corrected chi connectivity index (χ0v) is 15.5. The molecule has 2 N–H and O–H groups in total. The number of carbonyl (C=O) groups excluding carboxylic acids is 1. The Bertz CT molecular complexity index is 783. The Morgan fingerprint density at radius 3 is 2.88 bits per heavy atom. The fourth-order valence-electron chi connectivity index (χ4n) is 4.17. The van der Waals surface area contributed by atoms with E-state index in [9.17, 15) is 4.79 Å². The number of ether oxygens (including phenoxy) is 1. The molecule has 7 heteroatoms. The zero-order chi connectivity index (χ0) is 18.1. The molecule has 1 atom stereocenters. The average molecular weight is 357 g/mol. The summed E-state index contributed by atoms with van der Waals surface area (Å²) in [5, 5.41) is 11.2. The molecule has 1 aromatic heterocycles. The second-order valence-electron chi connectivity index (χ2n) is 7.44. The molecule has 0 saturated carbocycles. The summed E-state index contributed by atoms with van der Waals surface area (Å²) in [5.41, 5.74) is 2.85. The molecule has 2 aliphatic rings. The quantitative estimate of drug-likeness (QED) is 0.866. The summed E-state index contributed by atoms with van der Waals surface area (Å²) < 4.78 is 5.47. The number of H-pyrrole nitrogens is 1. The molecule has 2 saturated heterocycles. The summed E-state index contributed by atoms with van der Waals surface area (Å²) in [6.07, 6.45) is 4.01. The molecule has 2 fully saturated rings. The number of carbonyl (C=O) groups is 1. The molecule has 0 bridgehead atoms. The molecule has 0 aliphatic carbocycles. The molecule has 26 heavy (non-hydrogen) atoms. The van der Waals surface area contributed by atoms with Crippen LogP contribution in [0.3, 0.4) is 0 Å². The maximum Gasteiger partial charge on any atom is 0.322 e. The number of hydrogen-bond acceptors (Lipinski definition) is 4. The highest BCUT2D eigenvalue weighted by Gasteiger charge is 2.31. The van der Waals surface area contributed by atoms with Crippen molar-refractivity contribution in [3.63, 3.8) is 0 Å². The molecule has 0 unspecified atom stereocenters. The number of aromatic amines is 1. The minimum absolute atomic E-state index is 0.0256. The van der Waals surface area contributed by atoms with Crippen molar-refractivity contribution in [3.05, 3.63) is 23.9 Å². The summed E-state index contributed by atoms with van der Waals surface area (Å²) in [6.45, 7) is 8.49. The predicted molar refractivity (Wildman–Crippen MR) is 101 cm³/mol. The number of benzene rings is 1. The minimum Gasteiger partial charge on any atom is -0.381 e. The van der Waals surface area contributed by atoms with Crippen LogP contribution < -0.4 is 5.32 Å². The molecule has 2 amide bonds. The van der Waals surface area contributed by atoms with Crippen LogP contribution in [-0.4, -0.2) is 71.0 Å². The van der Waals surface area contributed by atoms with E-state index in [-0.39, 0.29) is 12.1 Å². The van der Waals surface area contributed by atoms with E-state index in [1.807, 2.05) is 30.2 Å². The van der Waals surface area contributed by atoms with Crippen LogP contribution in [0, 0.1) is 6.92 Å². The van der Waals surface area contributed by atoms with Crippen LogP contribution >= 0.6 is 0 Å². The van der Waals surface area contributed by atoms with Crippen LogP contribution in [0.5, 0.6) is 0 Å². The standard InChI is InChI=1S/C19H27N5O2/c1-13-9-15(10-18-17(13)11-20-22-18)21-19(25)24-6-5-23(12-14(24)2)16-3-7-26-8-4-16/h9-11,14,16H,3-8,12H2,1-2H3,(H,20,22)(H,21,25)/t14-/m1/s1. The van der Waals surface area contributed by atoms with Crippen molar-refractivity contribution >= 4 is 22.6 Å². The van der Waals surface area contributed by atoms with Gasteiger partial charge in [0.15, 0.2) is 0 Å². The molecular weight excluding hydrogens is 330 g/mol. The number of urea groups is 1. The van der Waals surface area contributed by atoms with Crippen LogP contribution in [0.2, 0.25) is 0 Å². The largest absolute Gasteiger partial charge is 0.381 e. The highest BCUT2D eigenvalue weighted by atomic mass is 16.5. The maximum absolute atomic E-state index is 12.8. The Balaban J connectivity index is 1.40. The molecule has 0 radical (unpaired) electrons. The van der Waals surface area contributed by atoms with Gasteiger partial charge in [-0.1, -0.05) is 0 Å². The van der Waals surface area contributed by atoms with Gasteiger partial charge in [-0.25, -0.2) is 4.79 Å². The molecular formula is C19H27N5O2. The number of nitrogens with one attached hydrogen (secondary N) is 2. The number of hydrogen-bond donors (Lipinski definition) is 2. The highest BCUT2D eigenvalue weighted by molar-refractivity contribution is 5.93. The number of amides is 2. The molecule has 140 valence electrons. The first-order chi connectivity index (χ1) is 12.6. The number of piperazine rings is 1. The van der Waals surface area contributed by atoms with E-state index in [0.717, 1.165) is 67.8 Å². The second kappa shape index (κ2) is 7.25. The lowest BCUT2D eigenvalue weighted by Gasteiger charge is -2.44. The SMILES string of the molecule is Cc1cc(NC(=O)N2CCN(C3CCOCC3)C[C@H]2C)cc2[nH]ncc12. The lowest BCUT2D eigenvalue weighted by Crippen LogP contribution is -2.58.